The van der Waals surface area contributed by atoms with Gasteiger partial charge in [0.1, 0.15) is 5.15 Å². The second kappa shape index (κ2) is 6.05. The first-order valence-electron chi connectivity index (χ1n) is 6.38. The predicted molar refractivity (Wildman–Crippen MR) is 80.8 cm³/mol. The van der Waals surface area contributed by atoms with Gasteiger partial charge in [-0.3, -0.25) is 9.78 Å². The molecule has 21 heavy (non-hydrogen) atoms. The molecule has 0 aliphatic carbocycles. The van der Waals surface area contributed by atoms with E-state index in [1.807, 2.05) is 13.8 Å². The summed E-state index contributed by atoms with van der Waals surface area (Å²) in [6.45, 7) is 5.37. The van der Waals surface area contributed by atoms with Gasteiger partial charge in [0.2, 0.25) is 5.91 Å². The fraction of sp³-hybridized carbons (Fsp3) is 0.286. The van der Waals surface area contributed by atoms with Gasteiger partial charge >= 0.3 is 0 Å². The fourth-order valence-corrected chi connectivity index (χ4v) is 2.25. The monoisotopic (exact) mass is 306 g/mol. The standard InChI is InChI=1S/C14H15ClN4O2/c1-7(2)13-9-4-12(15)16-5-10(9)11(6-17-13)14(19-21)18-8(3)20/h4-7,21H,1-3H3,(H,18,19,20). The SMILES string of the molecule is CC(=O)NC(=NO)c1cnc(C(C)C)c2cc(Cl)ncc12. The fourth-order valence-electron chi connectivity index (χ4n) is 2.09. The van der Waals surface area contributed by atoms with Crippen LogP contribution in [0.3, 0.4) is 0 Å². The lowest BCUT2D eigenvalue weighted by atomic mass is 10.0. The van der Waals surface area contributed by atoms with E-state index in [-0.39, 0.29) is 17.7 Å². The molecule has 2 heterocycles. The van der Waals surface area contributed by atoms with Crippen LogP contribution >= 0.6 is 11.6 Å². The van der Waals surface area contributed by atoms with Crippen molar-refractivity contribution in [1.82, 2.24) is 15.3 Å². The first kappa shape index (κ1) is 15.2. The van der Waals surface area contributed by atoms with E-state index in [1.165, 1.54) is 6.92 Å². The third-order valence-electron chi connectivity index (χ3n) is 2.97. The van der Waals surface area contributed by atoms with Gasteiger partial charge in [0.15, 0.2) is 5.84 Å². The van der Waals surface area contributed by atoms with E-state index in [0.717, 1.165) is 11.1 Å². The smallest absolute Gasteiger partial charge is 0.222 e. The normalized spacial score (nSPS) is 12.0. The van der Waals surface area contributed by atoms with Crippen molar-refractivity contribution in [3.63, 3.8) is 0 Å². The van der Waals surface area contributed by atoms with Crippen molar-refractivity contribution in [1.29, 1.82) is 0 Å². The highest BCUT2D eigenvalue weighted by molar-refractivity contribution is 6.30. The van der Waals surface area contributed by atoms with Gasteiger partial charge in [0.25, 0.3) is 0 Å². The first-order valence-corrected chi connectivity index (χ1v) is 6.76. The zero-order valence-corrected chi connectivity index (χ0v) is 12.6. The molecule has 2 N–H and O–H groups in total. The summed E-state index contributed by atoms with van der Waals surface area (Å²) in [6, 6.07) is 1.71. The second-order valence-electron chi connectivity index (χ2n) is 4.89. The largest absolute Gasteiger partial charge is 0.409 e. The lowest BCUT2D eigenvalue weighted by Crippen LogP contribution is -2.29. The minimum Gasteiger partial charge on any atom is -0.409 e. The molecule has 7 heteroatoms. The summed E-state index contributed by atoms with van der Waals surface area (Å²) >= 11 is 5.96. The Hall–Kier alpha value is -2.21. The zero-order valence-electron chi connectivity index (χ0n) is 11.9. The highest BCUT2D eigenvalue weighted by Gasteiger charge is 2.16. The summed E-state index contributed by atoms with van der Waals surface area (Å²) in [7, 11) is 0. The molecule has 0 spiro atoms. The summed E-state index contributed by atoms with van der Waals surface area (Å²) in [4.78, 5) is 19.6. The molecule has 2 aromatic rings. The van der Waals surface area contributed by atoms with E-state index < -0.39 is 0 Å². The third kappa shape index (κ3) is 3.11. The lowest BCUT2D eigenvalue weighted by Gasteiger charge is -2.13. The Labute approximate surface area is 126 Å². The number of carbonyl (C=O) groups excluding carboxylic acids is 1. The molecule has 0 bridgehead atoms. The summed E-state index contributed by atoms with van der Waals surface area (Å²) in [5.41, 5.74) is 1.34. The number of pyridine rings is 2. The van der Waals surface area contributed by atoms with E-state index in [0.29, 0.717) is 16.1 Å². The van der Waals surface area contributed by atoms with Gasteiger partial charge in [-0.1, -0.05) is 30.6 Å². The lowest BCUT2D eigenvalue weighted by molar-refractivity contribution is -0.117. The van der Waals surface area contributed by atoms with Crippen molar-refractivity contribution < 1.29 is 10.0 Å². The number of aromatic nitrogens is 2. The summed E-state index contributed by atoms with van der Waals surface area (Å²) in [6.07, 6.45) is 3.13. The average molecular weight is 307 g/mol. The number of fused-ring (bicyclic) bond motifs is 1. The molecule has 0 radical (unpaired) electrons. The van der Waals surface area contributed by atoms with Crippen LogP contribution in [-0.2, 0) is 4.79 Å². The number of rotatable bonds is 2. The number of nitrogens with zero attached hydrogens (tertiary/aromatic N) is 3. The molecule has 6 nitrogen and oxygen atoms in total. The molecule has 0 unspecified atom stereocenters. The van der Waals surface area contributed by atoms with Crippen molar-refractivity contribution in [2.45, 2.75) is 26.7 Å². The van der Waals surface area contributed by atoms with Gasteiger partial charge < -0.3 is 10.5 Å². The van der Waals surface area contributed by atoms with Crippen LogP contribution in [0.5, 0.6) is 0 Å². The van der Waals surface area contributed by atoms with Crippen LogP contribution in [0.15, 0.2) is 23.6 Å². The zero-order chi connectivity index (χ0) is 15.6. The molecule has 0 atom stereocenters. The van der Waals surface area contributed by atoms with Crippen molar-refractivity contribution in [3.8, 4) is 0 Å². The topological polar surface area (TPSA) is 87.5 Å². The van der Waals surface area contributed by atoms with E-state index in [2.05, 4.69) is 20.4 Å². The van der Waals surface area contributed by atoms with Gasteiger partial charge in [0.05, 0.1) is 5.69 Å². The second-order valence-corrected chi connectivity index (χ2v) is 5.28. The van der Waals surface area contributed by atoms with Crippen LogP contribution in [0.25, 0.3) is 10.8 Å². The maximum Gasteiger partial charge on any atom is 0.222 e. The van der Waals surface area contributed by atoms with E-state index >= 15 is 0 Å². The van der Waals surface area contributed by atoms with Crippen molar-refractivity contribution >= 4 is 34.1 Å². The van der Waals surface area contributed by atoms with E-state index in [4.69, 9.17) is 16.8 Å². The van der Waals surface area contributed by atoms with Crippen LogP contribution in [0.4, 0.5) is 0 Å². The average Bonchev–Trinajstić information content (AvgIpc) is 2.43. The molecule has 0 saturated carbocycles. The Morgan fingerprint density at radius 2 is 2.05 bits per heavy atom. The van der Waals surface area contributed by atoms with Crippen molar-refractivity contribution in [3.05, 3.63) is 34.9 Å². The number of oxime groups is 1. The Kier molecular flexibility index (Phi) is 4.37. The first-order chi connectivity index (χ1) is 9.93. The molecule has 110 valence electrons. The van der Waals surface area contributed by atoms with Gasteiger partial charge in [-0.2, -0.15) is 0 Å². The minimum absolute atomic E-state index is 0.0272. The van der Waals surface area contributed by atoms with Crippen LogP contribution < -0.4 is 5.32 Å². The van der Waals surface area contributed by atoms with Gasteiger partial charge in [-0.15, -0.1) is 0 Å². The summed E-state index contributed by atoms with van der Waals surface area (Å²) in [5, 5.41) is 16.6. The maximum absolute atomic E-state index is 11.2. The molecule has 2 rings (SSSR count). The number of carbonyl (C=O) groups is 1. The minimum atomic E-state index is -0.342. The third-order valence-corrected chi connectivity index (χ3v) is 3.17. The Balaban J connectivity index is 2.72. The van der Waals surface area contributed by atoms with Crippen LogP contribution in [0.1, 0.15) is 37.9 Å². The van der Waals surface area contributed by atoms with Gasteiger partial charge in [-0.25, -0.2) is 4.98 Å². The van der Waals surface area contributed by atoms with Crippen molar-refractivity contribution in [2.75, 3.05) is 0 Å². The van der Waals surface area contributed by atoms with E-state index in [1.54, 1.807) is 18.5 Å². The Morgan fingerprint density at radius 1 is 1.33 bits per heavy atom. The van der Waals surface area contributed by atoms with Crippen molar-refractivity contribution in [2.24, 2.45) is 5.16 Å². The molecular formula is C14H15ClN4O2. The van der Waals surface area contributed by atoms with Crippen LogP contribution in [0.2, 0.25) is 5.15 Å². The summed E-state index contributed by atoms with van der Waals surface area (Å²) < 4.78 is 0. The molecule has 0 saturated heterocycles. The number of halogens is 1. The number of nitrogens with one attached hydrogen (secondary N) is 1. The highest BCUT2D eigenvalue weighted by Crippen LogP contribution is 2.27. The maximum atomic E-state index is 11.2. The number of amidine groups is 1. The molecule has 0 aliphatic heterocycles. The Morgan fingerprint density at radius 3 is 2.62 bits per heavy atom. The van der Waals surface area contributed by atoms with Crippen LogP contribution in [0, 0.1) is 0 Å². The van der Waals surface area contributed by atoms with Crippen LogP contribution in [-0.4, -0.2) is 26.9 Å². The van der Waals surface area contributed by atoms with Gasteiger partial charge in [-0.05, 0) is 12.0 Å². The number of amides is 1. The quantitative estimate of drug-likeness (QED) is 0.293. The molecular weight excluding hydrogens is 292 g/mol. The Bertz CT molecular complexity index is 728. The predicted octanol–water partition coefficient (Wildman–Crippen LogP) is 2.68. The summed E-state index contributed by atoms with van der Waals surface area (Å²) in [5.74, 6) is -0.125. The number of hydrogen-bond donors (Lipinski definition) is 2. The molecule has 0 fully saturated rings. The highest BCUT2D eigenvalue weighted by atomic mass is 35.5. The molecule has 0 aromatic carbocycles. The number of hydrogen-bond acceptors (Lipinski definition) is 5. The van der Waals surface area contributed by atoms with Gasteiger partial charge in [0, 0.05) is 35.7 Å². The van der Waals surface area contributed by atoms with E-state index in [9.17, 15) is 4.79 Å². The molecule has 1 amide bonds. The molecule has 2 aromatic heterocycles. The molecule has 0 aliphatic rings.